The summed E-state index contributed by atoms with van der Waals surface area (Å²) in [5, 5.41) is 7.04. The van der Waals surface area contributed by atoms with Gasteiger partial charge in [0.05, 0.1) is 11.4 Å². The highest BCUT2D eigenvalue weighted by atomic mass is 79.9. The minimum absolute atomic E-state index is 0. The summed E-state index contributed by atoms with van der Waals surface area (Å²) in [7, 11) is 0. The van der Waals surface area contributed by atoms with E-state index in [1.54, 1.807) is 0 Å². The lowest BCUT2D eigenvalue weighted by Crippen LogP contribution is -2.16. The molecule has 0 bridgehead atoms. The van der Waals surface area contributed by atoms with Crippen LogP contribution in [0.2, 0.25) is 0 Å². The molecule has 0 aliphatic heterocycles. The highest BCUT2D eigenvalue weighted by Crippen LogP contribution is 2.37. The van der Waals surface area contributed by atoms with Gasteiger partial charge in [-0.25, -0.2) is 0 Å². The number of benzene rings is 2. The van der Waals surface area contributed by atoms with Crippen LogP contribution in [0.5, 0.6) is 0 Å². The third kappa shape index (κ3) is 7.41. The fourth-order valence-corrected chi connectivity index (χ4v) is 5.66. The minimum atomic E-state index is 0. The van der Waals surface area contributed by atoms with Gasteiger partial charge in [0.15, 0.2) is 0 Å². The van der Waals surface area contributed by atoms with E-state index in [-0.39, 0.29) is 23.2 Å². The van der Waals surface area contributed by atoms with Crippen LogP contribution in [-0.4, -0.2) is 13.1 Å². The molecule has 0 saturated carbocycles. The monoisotopic (exact) mass is 672 g/mol. The molecule has 0 unspecified atom stereocenters. The van der Waals surface area contributed by atoms with Crippen LogP contribution < -0.4 is 10.6 Å². The first-order chi connectivity index (χ1) is 12.8. The Morgan fingerprint density at radius 3 is 1.03 bits per heavy atom. The highest BCUT2D eigenvalue weighted by Gasteiger charge is 2.18. The number of hydrogen-bond acceptors (Lipinski definition) is 2. The van der Waals surface area contributed by atoms with Crippen molar-refractivity contribution >= 4 is 87.5 Å². The van der Waals surface area contributed by atoms with Gasteiger partial charge in [0.2, 0.25) is 0 Å². The van der Waals surface area contributed by atoms with Crippen molar-refractivity contribution in [3.8, 4) is 0 Å². The Hall–Kier alpha value is 0.250. The van der Waals surface area contributed by atoms with E-state index in [0.29, 0.717) is 0 Å². The van der Waals surface area contributed by atoms with E-state index >= 15 is 0 Å². The molecule has 0 aliphatic carbocycles. The van der Waals surface area contributed by atoms with E-state index in [0.717, 1.165) is 42.4 Å². The van der Waals surface area contributed by atoms with Crippen molar-refractivity contribution in [3.63, 3.8) is 0 Å². The van der Waals surface area contributed by atoms with E-state index in [2.05, 4.69) is 140 Å². The van der Waals surface area contributed by atoms with Crippen molar-refractivity contribution in [1.29, 1.82) is 0 Å². The van der Waals surface area contributed by atoms with Gasteiger partial charge in [-0.3, -0.25) is 0 Å². The number of hydrogen-bond donors (Lipinski definition) is 2. The van der Waals surface area contributed by atoms with Crippen molar-refractivity contribution in [3.05, 3.63) is 53.3 Å². The zero-order valence-corrected chi connectivity index (χ0v) is 24.8. The van der Waals surface area contributed by atoms with Crippen LogP contribution in [0.3, 0.4) is 0 Å². The molecule has 0 saturated heterocycles. The second-order valence-electron chi connectivity index (χ2n) is 8.98. The lowest BCUT2D eigenvalue weighted by molar-refractivity contribution is 0.589. The van der Waals surface area contributed by atoms with Crippen molar-refractivity contribution in [2.45, 2.75) is 52.4 Å². The molecular weight excluding hydrogens is 647 g/mol. The maximum Gasteiger partial charge on any atom is 0.0629 e. The second-order valence-corrected chi connectivity index (χ2v) is 12.4. The van der Waals surface area contributed by atoms with Crippen molar-refractivity contribution in [2.75, 3.05) is 23.7 Å². The summed E-state index contributed by atoms with van der Waals surface area (Å²) in [6.07, 6.45) is 0. The molecule has 0 amide bonds. The van der Waals surface area contributed by atoms with Gasteiger partial charge in [0.25, 0.3) is 0 Å². The molecule has 29 heavy (non-hydrogen) atoms. The lowest BCUT2D eigenvalue weighted by atomic mass is 9.87. The maximum absolute atomic E-state index is 3.71. The number of halogens is 5. The molecule has 0 aliphatic rings. The Bertz CT molecular complexity index is 737. The summed E-state index contributed by atoms with van der Waals surface area (Å²) in [5.74, 6) is 0. The smallest absolute Gasteiger partial charge is 0.0629 e. The van der Waals surface area contributed by atoms with Gasteiger partial charge < -0.3 is 10.6 Å². The zero-order chi connectivity index (χ0) is 21.3. The van der Waals surface area contributed by atoms with Gasteiger partial charge >= 0.3 is 0 Å². The summed E-state index contributed by atoms with van der Waals surface area (Å²) in [5.41, 5.74) is 4.97. The molecule has 7 heteroatoms. The van der Waals surface area contributed by atoms with Gasteiger partial charge in [-0.05, 0) is 110 Å². The Morgan fingerprint density at radius 2 is 0.828 bits per heavy atom. The summed E-state index contributed by atoms with van der Waals surface area (Å²) < 4.78 is 4.29. The molecule has 0 aromatic heterocycles. The quantitative estimate of drug-likeness (QED) is 0.309. The fraction of sp³-hybridized carbons (Fsp3) is 0.455. The van der Waals surface area contributed by atoms with Gasteiger partial charge in [-0.15, -0.1) is 12.4 Å². The van der Waals surface area contributed by atoms with Crippen LogP contribution in [0.15, 0.2) is 42.2 Å². The Balaban J connectivity index is 0.00000420. The molecule has 2 aromatic carbocycles. The SMILES string of the molecule is CC(C)(C)c1cc(Br)c(NCCNc2c(Br)cc(C(C)(C)C)cc2Br)c(Br)c1.Cl. The van der Waals surface area contributed by atoms with Crippen LogP contribution >= 0.6 is 76.1 Å². The average molecular weight is 677 g/mol. The Labute approximate surface area is 215 Å². The van der Waals surface area contributed by atoms with Gasteiger partial charge in [-0.2, -0.15) is 0 Å². The van der Waals surface area contributed by atoms with Crippen molar-refractivity contribution in [1.82, 2.24) is 0 Å². The predicted molar refractivity (Wildman–Crippen MR) is 145 cm³/mol. The first kappa shape index (κ1) is 27.3. The van der Waals surface area contributed by atoms with E-state index in [9.17, 15) is 0 Å². The largest absolute Gasteiger partial charge is 0.381 e. The molecule has 0 atom stereocenters. The third-order valence-electron chi connectivity index (χ3n) is 4.54. The molecule has 2 aromatic rings. The Morgan fingerprint density at radius 1 is 0.586 bits per heavy atom. The van der Waals surface area contributed by atoms with Crippen molar-refractivity contribution in [2.24, 2.45) is 0 Å². The van der Waals surface area contributed by atoms with Crippen LogP contribution in [0.1, 0.15) is 52.7 Å². The minimum Gasteiger partial charge on any atom is -0.381 e. The summed E-state index contributed by atoms with van der Waals surface area (Å²) >= 11 is 14.8. The lowest BCUT2D eigenvalue weighted by Gasteiger charge is -2.22. The van der Waals surface area contributed by atoms with Gasteiger partial charge in [0.1, 0.15) is 0 Å². The first-order valence-electron chi connectivity index (χ1n) is 9.27. The molecule has 2 N–H and O–H groups in total. The van der Waals surface area contributed by atoms with Crippen LogP contribution in [0, 0.1) is 0 Å². The van der Waals surface area contributed by atoms with E-state index in [1.165, 1.54) is 11.1 Å². The maximum atomic E-state index is 3.71. The molecule has 0 heterocycles. The molecule has 162 valence electrons. The standard InChI is InChI=1S/C22H28Br4N2.ClH/c1-21(2,3)13-9-15(23)19(16(24)10-13)27-7-8-28-20-17(25)11-14(12-18(20)26)22(4,5)6;/h9-12,27-28H,7-8H2,1-6H3;1H. The highest BCUT2D eigenvalue weighted by molar-refractivity contribution is 9.11. The van der Waals surface area contributed by atoms with Crippen LogP contribution in [0.4, 0.5) is 11.4 Å². The van der Waals surface area contributed by atoms with E-state index in [4.69, 9.17) is 0 Å². The summed E-state index contributed by atoms with van der Waals surface area (Å²) in [6, 6.07) is 8.77. The number of nitrogens with one attached hydrogen (secondary N) is 2. The number of anilines is 2. The molecule has 2 nitrogen and oxygen atoms in total. The summed E-state index contributed by atoms with van der Waals surface area (Å²) in [6.45, 7) is 14.9. The normalized spacial score (nSPS) is 11.8. The van der Waals surface area contributed by atoms with Crippen LogP contribution in [-0.2, 0) is 10.8 Å². The Kier molecular flexibility index (Phi) is 10.1. The predicted octanol–water partition coefficient (Wildman–Crippen LogP) is 9.28. The zero-order valence-electron chi connectivity index (χ0n) is 17.6. The average Bonchev–Trinajstić information content (AvgIpc) is 2.53. The van der Waals surface area contributed by atoms with Gasteiger partial charge in [-0.1, -0.05) is 41.5 Å². The summed E-state index contributed by atoms with van der Waals surface area (Å²) in [4.78, 5) is 0. The van der Waals surface area contributed by atoms with E-state index in [1.807, 2.05) is 0 Å². The van der Waals surface area contributed by atoms with Crippen LogP contribution in [0.25, 0.3) is 0 Å². The fourth-order valence-electron chi connectivity index (χ4n) is 2.73. The molecule has 2 rings (SSSR count). The van der Waals surface area contributed by atoms with E-state index < -0.39 is 0 Å². The number of rotatable bonds is 5. The molecule has 0 radical (unpaired) electrons. The second kappa shape index (κ2) is 10.7. The molecule has 0 fully saturated rings. The third-order valence-corrected chi connectivity index (χ3v) is 7.05. The van der Waals surface area contributed by atoms with Gasteiger partial charge in [0, 0.05) is 31.0 Å². The topological polar surface area (TPSA) is 24.1 Å². The molecule has 0 spiro atoms. The first-order valence-corrected chi connectivity index (χ1v) is 12.4. The van der Waals surface area contributed by atoms with Crippen molar-refractivity contribution < 1.29 is 0 Å². The molecular formula is C22H29Br4ClN2.